The predicted octanol–water partition coefficient (Wildman–Crippen LogP) is -2.02. The van der Waals surface area contributed by atoms with Crippen molar-refractivity contribution in [3.8, 4) is 0 Å². The third kappa shape index (κ3) is 7.95. The lowest BCUT2D eigenvalue weighted by atomic mass is 10.1. The van der Waals surface area contributed by atoms with Crippen molar-refractivity contribution in [3.63, 3.8) is 0 Å². The number of carboxylic acid groups (broad SMARTS) is 2. The largest absolute Gasteiger partial charge is 0.481 e. The Morgan fingerprint density at radius 1 is 1.00 bits per heavy atom. The normalized spacial score (nSPS) is 17.8. The van der Waals surface area contributed by atoms with E-state index < -0.39 is 47.8 Å². The van der Waals surface area contributed by atoms with Crippen molar-refractivity contribution in [1.82, 2.24) is 15.5 Å². The molecule has 12 heteroatoms. The molecule has 1 aliphatic heterocycles. The number of hydrogen-bond donors (Lipinski definition) is 6. The fourth-order valence-electron chi connectivity index (χ4n) is 3.30. The van der Waals surface area contributed by atoms with Gasteiger partial charge >= 0.3 is 11.9 Å². The molecule has 1 rings (SSSR count). The molecule has 0 aromatic carbocycles. The van der Waals surface area contributed by atoms with Crippen LogP contribution in [-0.4, -0.2) is 82.5 Å². The van der Waals surface area contributed by atoms with Gasteiger partial charge in [0.15, 0.2) is 0 Å². The van der Waals surface area contributed by atoms with Crippen molar-refractivity contribution < 1.29 is 34.2 Å². The van der Waals surface area contributed by atoms with Crippen LogP contribution < -0.4 is 22.1 Å². The molecule has 3 amide bonds. The van der Waals surface area contributed by atoms with Crippen LogP contribution in [0.15, 0.2) is 0 Å². The minimum atomic E-state index is -1.18. The van der Waals surface area contributed by atoms with Gasteiger partial charge in [0.1, 0.15) is 18.1 Å². The molecule has 170 valence electrons. The van der Waals surface area contributed by atoms with E-state index in [9.17, 15) is 29.1 Å². The highest BCUT2D eigenvalue weighted by Crippen LogP contribution is 2.20. The van der Waals surface area contributed by atoms with Gasteiger partial charge < -0.3 is 37.2 Å². The Morgan fingerprint density at radius 3 is 2.27 bits per heavy atom. The summed E-state index contributed by atoms with van der Waals surface area (Å²) in [6.45, 7) is 0.277. The third-order valence-corrected chi connectivity index (χ3v) is 4.87. The van der Waals surface area contributed by atoms with Gasteiger partial charge in [0.25, 0.3) is 0 Å². The second-order valence-corrected chi connectivity index (χ2v) is 7.13. The number of carboxylic acids is 2. The molecule has 0 spiro atoms. The monoisotopic (exact) mass is 429 g/mol. The van der Waals surface area contributed by atoms with Crippen LogP contribution in [0.25, 0.3) is 0 Å². The predicted molar refractivity (Wildman–Crippen MR) is 105 cm³/mol. The Morgan fingerprint density at radius 2 is 1.70 bits per heavy atom. The lowest BCUT2D eigenvalue weighted by molar-refractivity contribution is -0.149. The van der Waals surface area contributed by atoms with Gasteiger partial charge in [-0.15, -0.1) is 0 Å². The molecule has 3 unspecified atom stereocenters. The van der Waals surface area contributed by atoms with Gasteiger partial charge in [-0.2, -0.15) is 0 Å². The molecule has 0 bridgehead atoms. The third-order valence-electron chi connectivity index (χ3n) is 4.87. The number of unbranched alkanes of at least 4 members (excludes halogenated alkanes) is 1. The van der Waals surface area contributed by atoms with Gasteiger partial charge in [-0.1, -0.05) is 0 Å². The Hall–Kier alpha value is -2.73. The quantitative estimate of drug-likeness (QED) is 0.178. The topological polar surface area (TPSA) is 205 Å². The molecule has 1 saturated heterocycles. The lowest BCUT2D eigenvalue weighted by Crippen LogP contribution is -2.56. The van der Waals surface area contributed by atoms with Crippen molar-refractivity contribution in [2.24, 2.45) is 11.5 Å². The van der Waals surface area contributed by atoms with Crippen LogP contribution in [-0.2, 0) is 24.0 Å². The van der Waals surface area contributed by atoms with Crippen LogP contribution in [0.5, 0.6) is 0 Å². The number of rotatable bonds is 13. The molecule has 0 aromatic heterocycles. The number of nitrogens with two attached hydrogens (primary N) is 2. The molecule has 0 saturated carbocycles. The highest BCUT2D eigenvalue weighted by molar-refractivity contribution is 5.94. The first-order valence-electron chi connectivity index (χ1n) is 9.96. The van der Waals surface area contributed by atoms with Gasteiger partial charge in [0, 0.05) is 13.0 Å². The van der Waals surface area contributed by atoms with Crippen molar-refractivity contribution in [2.45, 2.75) is 63.1 Å². The van der Waals surface area contributed by atoms with Gasteiger partial charge in [-0.3, -0.25) is 19.2 Å². The zero-order valence-corrected chi connectivity index (χ0v) is 16.8. The van der Waals surface area contributed by atoms with Crippen LogP contribution in [0.4, 0.5) is 0 Å². The molecule has 12 nitrogen and oxygen atoms in total. The van der Waals surface area contributed by atoms with E-state index in [0.29, 0.717) is 32.2 Å². The summed E-state index contributed by atoms with van der Waals surface area (Å²) in [7, 11) is 0. The fourth-order valence-corrected chi connectivity index (χ4v) is 3.30. The van der Waals surface area contributed by atoms with Gasteiger partial charge in [-0.25, -0.2) is 4.79 Å². The second-order valence-electron chi connectivity index (χ2n) is 7.13. The molecular weight excluding hydrogens is 398 g/mol. The Balaban J connectivity index is 2.94. The SMILES string of the molecule is NCCCCC(NC(=O)C(CCC(=O)O)NC(=O)CN)C(=O)N1CCCC1C(=O)O. The van der Waals surface area contributed by atoms with Crippen molar-refractivity contribution in [1.29, 1.82) is 0 Å². The van der Waals surface area contributed by atoms with Crippen LogP contribution in [0, 0.1) is 0 Å². The second kappa shape index (κ2) is 12.8. The Kier molecular flexibility index (Phi) is 10.8. The number of hydrogen-bond acceptors (Lipinski definition) is 7. The molecule has 30 heavy (non-hydrogen) atoms. The van der Waals surface area contributed by atoms with Crippen molar-refractivity contribution in [3.05, 3.63) is 0 Å². The highest BCUT2D eigenvalue weighted by Gasteiger charge is 2.38. The van der Waals surface area contributed by atoms with E-state index in [0.717, 1.165) is 0 Å². The van der Waals surface area contributed by atoms with E-state index in [1.165, 1.54) is 4.90 Å². The van der Waals surface area contributed by atoms with E-state index in [1.54, 1.807) is 0 Å². The number of likely N-dealkylation sites (tertiary alicyclic amines) is 1. The highest BCUT2D eigenvalue weighted by atomic mass is 16.4. The van der Waals surface area contributed by atoms with Gasteiger partial charge in [0.2, 0.25) is 17.7 Å². The van der Waals surface area contributed by atoms with Crippen LogP contribution in [0.1, 0.15) is 44.9 Å². The number of carbonyl (C=O) groups excluding carboxylic acids is 3. The zero-order valence-electron chi connectivity index (χ0n) is 16.8. The van der Waals surface area contributed by atoms with Gasteiger partial charge in [-0.05, 0) is 45.1 Å². The standard InChI is InChI=1S/C18H31N5O7/c19-8-2-1-4-12(17(28)23-9-3-5-13(23)18(29)30)22-16(27)11(6-7-15(25)26)21-14(24)10-20/h11-13H,1-10,19-20H2,(H,21,24)(H,22,27)(H,25,26)(H,29,30). The summed E-state index contributed by atoms with van der Waals surface area (Å²) in [5, 5.41) is 23.1. The first kappa shape index (κ1) is 25.3. The maximum absolute atomic E-state index is 13.0. The maximum atomic E-state index is 13.0. The lowest BCUT2D eigenvalue weighted by Gasteiger charge is -2.28. The molecule has 0 radical (unpaired) electrons. The summed E-state index contributed by atoms with van der Waals surface area (Å²) in [6.07, 6.45) is 1.68. The number of nitrogens with zero attached hydrogens (tertiary/aromatic N) is 1. The summed E-state index contributed by atoms with van der Waals surface area (Å²) >= 11 is 0. The molecular formula is C18H31N5O7. The van der Waals surface area contributed by atoms with Crippen molar-refractivity contribution >= 4 is 29.7 Å². The summed E-state index contributed by atoms with van der Waals surface area (Å²) in [5.41, 5.74) is 10.7. The molecule has 1 aliphatic rings. The zero-order chi connectivity index (χ0) is 22.7. The van der Waals surface area contributed by atoms with E-state index >= 15 is 0 Å². The summed E-state index contributed by atoms with van der Waals surface area (Å²) < 4.78 is 0. The molecule has 1 heterocycles. The van der Waals surface area contributed by atoms with E-state index in [4.69, 9.17) is 16.6 Å². The number of aliphatic carboxylic acids is 2. The average molecular weight is 429 g/mol. The smallest absolute Gasteiger partial charge is 0.326 e. The van der Waals surface area contributed by atoms with Crippen LogP contribution in [0.3, 0.4) is 0 Å². The van der Waals surface area contributed by atoms with E-state index in [2.05, 4.69) is 10.6 Å². The minimum Gasteiger partial charge on any atom is -0.481 e. The van der Waals surface area contributed by atoms with E-state index in [-0.39, 0.29) is 32.4 Å². The summed E-state index contributed by atoms with van der Waals surface area (Å²) in [5.74, 6) is -4.14. The minimum absolute atomic E-state index is 0.182. The number of nitrogens with one attached hydrogen (secondary N) is 2. The molecule has 8 N–H and O–H groups in total. The molecule has 0 aromatic rings. The fraction of sp³-hybridized carbons (Fsp3) is 0.722. The Bertz CT molecular complexity index is 642. The molecule has 1 fully saturated rings. The first-order chi connectivity index (χ1) is 14.2. The van der Waals surface area contributed by atoms with Crippen LogP contribution >= 0.6 is 0 Å². The molecule has 0 aliphatic carbocycles. The number of carbonyl (C=O) groups is 5. The summed E-state index contributed by atoms with van der Waals surface area (Å²) in [6, 6.07) is -3.15. The number of amides is 3. The van der Waals surface area contributed by atoms with Gasteiger partial charge in [0.05, 0.1) is 6.54 Å². The van der Waals surface area contributed by atoms with E-state index in [1.807, 2.05) is 0 Å². The van der Waals surface area contributed by atoms with Crippen molar-refractivity contribution in [2.75, 3.05) is 19.6 Å². The average Bonchev–Trinajstić information content (AvgIpc) is 3.19. The van der Waals surface area contributed by atoms with Crippen LogP contribution in [0.2, 0.25) is 0 Å². The maximum Gasteiger partial charge on any atom is 0.326 e. The molecule has 3 atom stereocenters. The Labute approximate surface area is 174 Å². The summed E-state index contributed by atoms with van der Waals surface area (Å²) in [4.78, 5) is 60.8. The first-order valence-corrected chi connectivity index (χ1v) is 9.96.